The fraction of sp³-hybridized carbons (Fsp3) is 0.192. The van der Waals surface area contributed by atoms with Crippen molar-refractivity contribution in [3.05, 3.63) is 80.6 Å². The zero-order valence-electron chi connectivity index (χ0n) is 18.6. The number of anilines is 1. The molecule has 0 aliphatic heterocycles. The summed E-state index contributed by atoms with van der Waals surface area (Å²) in [6.45, 7) is 5.99. The van der Waals surface area contributed by atoms with Crippen molar-refractivity contribution in [2.24, 2.45) is 0 Å². The SMILES string of the molecule is CCOC(=O)c1c(NC(=O)c2cc(-c3ccc(Br)cc3)nc3ccccc23)sc(C)c1CC. The summed E-state index contributed by atoms with van der Waals surface area (Å²) in [5.41, 5.74) is 4.19. The molecule has 0 unspecified atom stereocenters. The van der Waals surface area contributed by atoms with E-state index in [4.69, 9.17) is 9.72 Å². The fourth-order valence-electron chi connectivity index (χ4n) is 3.81. The summed E-state index contributed by atoms with van der Waals surface area (Å²) in [6, 6.07) is 17.2. The minimum absolute atomic E-state index is 0.274. The Labute approximate surface area is 204 Å². The average Bonchev–Trinajstić information content (AvgIpc) is 3.13. The molecule has 7 heteroatoms. The summed E-state index contributed by atoms with van der Waals surface area (Å²) < 4.78 is 6.24. The molecular formula is C26H23BrN2O3S. The lowest BCUT2D eigenvalue weighted by molar-refractivity contribution is 0.0527. The maximum atomic E-state index is 13.5. The largest absolute Gasteiger partial charge is 0.462 e. The Kier molecular flexibility index (Phi) is 6.91. The van der Waals surface area contributed by atoms with E-state index in [1.165, 1.54) is 11.3 Å². The van der Waals surface area contributed by atoms with Crippen LogP contribution in [0.25, 0.3) is 22.2 Å². The third-order valence-corrected chi connectivity index (χ3v) is 6.96. The number of nitrogens with one attached hydrogen (secondary N) is 1. The van der Waals surface area contributed by atoms with Gasteiger partial charge in [-0.25, -0.2) is 9.78 Å². The maximum Gasteiger partial charge on any atom is 0.341 e. The van der Waals surface area contributed by atoms with Crippen LogP contribution < -0.4 is 5.32 Å². The lowest BCUT2D eigenvalue weighted by atomic mass is 10.0. The van der Waals surface area contributed by atoms with Gasteiger partial charge >= 0.3 is 5.97 Å². The third kappa shape index (κ3) is 4.70. The highest BCUT2D eigenvalue weighted by atomic mass is 79.9. The molecule has 0 saturated heterocycles. The van der Waals surface area contributed by atoms with Crippen molar-refractivity contribution >= 4 is 55.0 Å². The van der Waals surface area contributed by atoms with Crippen molar-refractivity contribution in [3.8, 4) is 11.3 Å². The topological polar surface area (TPSA) is 68.3 Å². The summed E-state index contributed by atoms with van der Waals surface area (Å²) in [5, 5.41) is 4.25. The number of halogens is 1. The summed E-state index contributed by atoms with van der Waals surface area (Å²) in [6.07, 6.45) is 0.679. The van der Waals surface area contributed by atoms with E-state index in [1.54, 1.807) is 13.0 Å². The molecule has 2 heterocycles. The van der Waals surface area contributed by atoms with Crippen molar-refractivity contribution < 1.29 is 14.3 Å². The summed E-state index contributed by atoms with van der Waals surface area (Å²) in [7, 11) is 0. The molecule has 4 rings (SSSR count). The number of pyridine rings is 1. The van der Waals surface area contributed by atoms with Crippen molar-refractivity contribution in [1.29, 1.82) is 0 Å². The Hall–Kier alpha value is -3.03. The molecular weight excluding hydrogens is 500 g/mol. The van der Waals surface area contributed by atoms with Crippen molar-refractivity contribution in [2.75, 3.05) is 11.9 Å². The van der Waals surface area contributed by atoms with Crippen LogP contribution in [0.4, 0.5) is 5.00 Å². The van der Waals surface area contributed by atoms with Gasteiger partial charge in [0.25, 0.3) is 5.91 Å². The second-order valence-electron chi connectivity index (χ2n) is 7.45. The summed E-state index contributed by atoms with van der Waals surface area (Å²) in [4.78, 5) is 31.9. The Balaban J connectivity index is 1.79. The van der Waals surface area contributed by atoms with Crippen LogP contribution in [0.15, 0.2) is 59.1 Å². The van der Waals surface area contributed by atoms with Gasteiger partial charge in [-0.3, -0.25) is 4.79 Å². The van der Waals surface area contributed by atoms with E-state index in [2.05, 4.69) is 21.2 Å². The number of thiophene rings is 1. The number of aromatic nitrogens is 1. The second kappa shape index (κ2) is 9.85. The first-order valence-corrected chi connectivity index (χ1v) is 12.3. The molecule has 0 atom stereocenters. The molecule has 0 aliphatic rings. The molecule has 2 aromatic heterocycles. The number of fused-ring (bicyclic) bond motifs is 1. The number of esters is 1. The highest BCUT2D eigenvalue weighted by Gasteiger charge is 2.24. The van der Waals surface area contributed by atoms with Gasteiger partial charge in [0.05, 0.1) is 28.9 Å². The third-order valence-electron chi connectivity index (χ3n) is 5.37. The predicted molar refractivity (Wildman–Crippen MR) is 137 cm³/mol. The monoisotopic (exact) mass is 522 g/mol. The fourth-order valence-corrected chi connectivity index (χ4v) is 5.21. The number of amides is 1. The van der Waals surface area contributed by atoms with E-state index in [1.807, 2.05) is 62.4 Å². The number of hydrogen-bond donors (Lipinski definition) is 1. The van der Waals surface area contributed by atoms with E-state index in [9.17, 15) is 9.59 Å². The molecule has 0 fully saturated rings. The first-order chi connectivity index (χ1) is 15.9. The van der Waals surface area contributed by atoms with Gasteiger partial charge in [0.15, 0.2) is 0 Å². The van der Waals surface area contributed by atoms with E-state index in [-0.39, 0.29) is 12.5 Å². The Morgan fingerprint density at radius 3 is 2.52 bits per heavy atom. The molecule has 4 aromatic rings. The first-order valence-electron chi connectivity index (χ1n) is 10.7. The van der Waals surface area contributed by atoms with Gasteiger partial charge in [0.2, 0.25) is 0 Å². The number of ether oxygens (including phenoxy) is 1. The number of aryl methyl sites for hydroxylation is 1. The van der Waals surface area contributed by atoms with E-state index in [0.717, 1.165) is 31.4 Å². The summed E-state index contributed by atoms with van der Waals surface area (Å²) >= 11 is 4.85. The number of rotatable bonds is 6. The molecule has 0 bridgehead atoms. The van der Waals surface area contributed by atoms with Crippen LogP contribution in [-0.4, -0.2) is 23.5 Å². The zero-order valence-corrected chi connectivity index (χ0v) is 21.0. The minimum Gasteiger partial charge on any atom is -0.462 e. The quantitative estimate of drug-likeness (QED) is 0.276. The van der Waals surface area contributed by atoms with E-state index < -0.39 is 5.97 Å². The van der Waals surface area contributed by atoms with E-state index in [0.29, 0.717) is 28.2 Å². The number of carbonyl (C=O) groups is 2. The number of benzene rings is 2. The van der Waals surface area contributed by atoms with E-state index >= 15 is 0 Å². The molecule has 33 heavy (non-hydrogen) atoms. The number of para-hydroxylation sites is 1. The lowest BCUT2D eigenvalue weighted by Gasteiger charge is -2.11. The Morgan fingerprint density at radius 1 is 1.09 bits per heavy atom. The number of carbonyl (C=O) groups excluding carboxylic acids is 2. The van der Waals surface area contributed by atoms with Gasteiger partial charge in [-0.1, -0.05) is 53.2 Å². The molecule has 2 aromatic carbocycles. The van der Waals surface area contributed by atoms with Crippen LogP contribution in [-0.2, 0) is 11.2 Å². The predicted octanol–water partition coefficient (Wildman–Crippen LogP) is 7.03. The van der Waals surface area contributed by atoms with Crippen LogP contribution >= 0.6 is 27.3 Å². The number of nitrogens with zero attached hydrogens (tertiary/aromatic N) is 1. The normalized spacial score (nSPS) is 10.9. The van der Waals surface area contributed by atoms with Crippen molar-refractivity contribution in [2.45, 2.75) is 27.2 Å². The van der Waals surface area contributed by atoms with Crippen LogP contribution in [0, 0.1) is 6.92 Å². The molecule has 1 amide bonds. The van der Waals surface area contributed by atoms with Gasteiger partial charge in [0, 0.05) is 20.3 Å². The molecule has 0 aliphatic carbocycles. The van der Waals surface area contributed by atoms with Gasteiger partial charge in [-0.2, -0.15) is 0 Å². The molecule has 1 N–H and O–H groups in total. The molecule has 0 spiro atoms. The van der Waals surface area contributed by atoms with Crippen LogP contribution in [0.5, 0.6) is 0 Å². The van der Waals surface area contributed by atoms with Gasteiger partial charge < -0.3 is 10.1 Å². The van der Waals surface area contributed by atoms with Crippen LogP contribution in [0.1, 0.15) is 45.0 Å². The van der Waals surface area contributed by atoms with Gasteiger partial charge in [-0.05, 0) is 50.1 Å². The minimum atomic E-state index is -0.413. The molecule has 5 nitrogen and oxygen atoms in total. The van der Waals surface area contributed by atoms with Crippen LogP contribution in [0.2, 0.25) is 0 Å². The first kappa shape index (κ1) is 23.1. The second-order valence-corrected chi connectivity index (χ2v) is 9.59. The lowest BCUT2D eigenvalue weighted by Crippen LogP contribution is -2.16. The average molecular weight is 523 g/mol. The highest BCUT2D eigenvalue weighted by Crippen LogP contribution is 2.35. The Morgan fingerprint density at radius 2 is 1.82 bits per heavy atom. The van der Waals surface area contributed by atoms with Crippen molar-refractivity contribution in [1.82, 2.24) is 4.98 Å². The number of hydrogen-bond acceptors (Lipinski definition) is 5. The highest BCUT2D eigenvalue weighted by molar-refractivity contribution is 9.10. The van der Waals surface area contributed by atoms with Crippen molar-refractivity contribution in [3.63, 3.8) is 0 Å². The van der Waals surface area contributed by atoms with Gasteiger partial charge in [0.1, 0.15) is 5.00 Å². The molecule has 168 valence electrons. The smallest absolute Gasteiger partial charge is 0.341 e. The maximum absolute atomic E-state index is 13.5. The standard InChI is InChI=1S/C26H23BrN2O3S/c1-4-18-15(3)33-25(23(18)26(31)32-5-2)29-24(30)20-14-22(16-10-12-17(27)13-11-16)28-21-9-7-6-8-19(20)21/h6-14H,4-5H2,1-3H3,(H,29,30). The molecule has 0 radical (unpaired) electrons. The van der Waals surface area contributed by atoms with Crippen LogP contribution in [0.3, 0.4) is 0 Å². The Bertz CT molecular complexity index is 1350. The van der Waals surface area contributed by atoms with Gasteiger partial charge in [-0.15, -0.1) is 11.3 Å². The zero-order chi connectivity index (χ0) is 23.5. The summed E-state index contributed by atoms with van der Waals surface area (Å²) in [5.74, 6) is -0.703. The molecule has 0 saturated carbocycles.